The number of nitrogens with one attached hydrogen (secondary N) is 4. The van der Waals surface area contributed by atoms with Gasteiger partial charge in [-0.15, -0.1) is 0 Å². The number of aromatic carboxylic acids is 1. The van der Waals surface area contributed by atoms with E-state index >= 15 is 0 Å². The van der Waals surface area contributed by atoms with E-state index in [-0.39, 0.29) is 121 Å². The van der Waals surface area contributed by atoms with Crippen molar-refractivity contribution in [2.45, 2.75) is 90.5 Å². The molecule has 0 atom stereocenters. The number of nitrogen functional groups attached to an aromatic ring is 1. The molecule has 0 spiro atoms. The number of rotatable bonds is 17. The third-order valence-electron chi connectivity index (χ3n) is 12.6. The Morgan fingerprint density at radius 1 is 0.490 bits per heavy atom. The van der Waals surface area contributed by atoms with Crippen molar-refractivity contribution in [3.63, 3.8) is 0 Å². The van der Waals surface area contributed by atoms with Gasteiger partial charge >= 0.3 is 71.3 Å². The van der Waals surface area contributed by atoms with E-state index in [4.69, 9.17) is 34.5 Å². The first kappa shape index (κ1) is 89.3. The van der Waals surface area contributed by atoms with Gasteiger partial charge in [0.05, 0.1) is 62.8 Å². The number of benzene rings is 5. The monoisotopic (exact) mass is 1560 g/mol. The molecule has 522 valence electrons. The summed E-state index contributed by atoms with van der Waals surface area (Å²) in [4.78, 5) is 125. The maximum Gasteiger partial charge on any atom is 1.00 e. The predicted molar refractivity (Wildman–Crippen MR) is 383 cm³/mol. The number of fused-ring (bicyclic) bond motifs is 3. The number of pyridine rings is 3. The van der Waals surface area contributed by atoms with Crippen LogP contribution in [0, 0.1) is 34.6 Å². The number of carboxylic acids is 1. The number of aromatic nitrogens is 3. The van der Waals surface area contributed by atoms with Crippen LogP contribution in [0.2, 0.25) is 0 Å². The number of hydrogen-bond donors (Lipinski definition) is 6. The maximum atomic E-state index is 12.3. The van der Waals surface area contributed by atoms with Gasteiger partial charge in [-0.2, -0.15) is 0 Å². The molecule has 8 aromatic rings. The molecule has 0 aliphatic heterocycles. The van der Waals surface area contributed by atoms with E-state index in [1.165, 1.54) is 30.4 Å². The summed E-state index contributed by atoms with van der Waals surface area (Å²) >= 11 is 10.1. The van der Waals surface area contributed by atoms with Gasteiger partial charge in [0.25, 0.3) is 0 Å². The van der Waals surface area contributed by atoms with Gasteiger partial charge in [0.15, 0.2) is 11.1 Å². The molecule has 24 nitrogen and oxygen atoms in total. The van der Waals surface area contributed by atoms with Gasteiger partial charge in [0, 0.05) is 65.7 Å². The summed E-state index contributed by atoms with van der Waals surface area (Å²) in [5, 5.41) is 13.2. The molecule has 8 N–H and O–H groups in total. The van der Waals surface area contributed by atoms with Crippen molar-refractivity contribution < 1.29 is 107 Å². The molecule has 28 heteroatoms. The molecule has 0 amide bonds. The zero-order valence-corrected chi connectivity index (χ0v) is 62.7. The molecule has 3 aromatic heterocycles. The second-order valence-electron chi connectivity index (χ2n) is 19.5. The van der Waals surface area contributed by atoms with Gasteiger partial charge in [-0.1, -0.05) is 49.9 Å². The Balaban J connectivity index is 0.00000116. The number of hydrogen-bond acceptors (Lipinski definition) is 20. The average Bonchev–Trinajstić information content (AvgIpc) is 0.794. The fraction of sp³-hybridized carbons (Fsp3) is 0.286. The van der Waals surface area contributed by atoms with E-state index in [9.17, 15) is 47.9 Å². The van der Waals surface area contributed by atoms with E-state index in [0.29, 0.717) is 33.8 Å². The Morgan fingerprint density at radius 3 is 1.31 bits per heavy atom. The Kier molecular flexibility index (Phi) is 41.7. The molecule has 0 saturated carbocycles. The first-order valence-electron chi connectivity index (χ1n) is 29.5. The number of esters is 6. The number of anilines is 2. The molecule has 0 fully saturated rings. The van der Waals surface area contributed by atoms with Gasteiger partial charge in [-0.05, 0) is 201 Å². The number of carboxylic acid groups (broad SMARTS) is 1. The smallest absolute Gasteiger partial charge is 0.870 e. The van der Waals surface area contributed by atoms with Gasteiger partial charge in [-0.25, -0.2) is 33.6 Å². The van der Waals surface area contributed by atoms with Crippen LogP contribution in [0.3, 0.4) is 0 Å². The largest absolute Gasteiger partial charge is 1.00 e. The maximum absolute atomic E-state index is 12.3. The van der Waals surface area contributed by atoms with Crippen molar-refractivity contribution in [1.29, 1.82) is 0 Å². The summed E-state index contributed by atoms with van der Waals surface area (Å²) in [5.74, 6) is -5.28. The number of nitrogens with two attached hydrogens (primary N) is 1. The quantitative estimate of drug-likeness (QED) is 0.00721. The molecule has 0 aliphatic carbocycles. The Hall–Kier alpha value is -8.70. The molecular weight excluding hydrogens is 1480 g/mol. The van der Waals surface area contributed by atoms with Crippen molar-refractivity contribution in [2.75, 3.05) is 57.3 Å². The molecule has 0 bridgehead atoms. The van der Waals surface area contributed by atoms with Crippen molar-refractivity contribution >= 4 is 134 Å². The number of carbonyl (C=O) groups is 7. The molecule has 0 radical (unpaired) electrons. The summed E-state index contributed by atoms with van der Waals surface area (Å²) in [7, 11) is 0. The van der Waals surface area contributed by atoms with E-state index in [0.717, 1.165) is 58.8 Å². The Bertz CT molecular complexity index is 4260. The standard InChI is InChI=1S/C15H18BrNO4.C13H12BrNO3.C13H13NO3.C11H9NO3.C10H16O5.C7H8BrN.CH4.Na.H2O/c1-4-20-14(18)11(15(19)21-5-2)9-17-13-8-10(3)6-7-12(13)16;1-3-18-13(17)8-6-15-11-9(14)5-4-7(2)10(11)12(8)16;1-3-17-13(16)9-7-14-10-6-4-5-8(2)11(10)12(9)15;1-6-3-2-4-8-9(6)10(13)7(5-12-8)11(14)15;1-4-13-7-8(9(11)14-5-2)10(12)15-6-3;1-5-2-3-6(8)7(9)4-5;;;/h6-9,17H,4-5H2,1-3H3;4-6H,3H2,1-2H3,(H,15,16);4-7H,3H2,1-2H3,(H,14,15);2-5H,1H3,(H,12,13)(H,14,15);7H,4-6H2,1-3H3;2-4H,9H2,1H3;1H4;;1H2/q;;;;;;;+1;/p-1. The number of carbonyl (C=O) groups excluding carboxylic acids is 6. The van der Waals surface area contributed by atoms with Crippen LogP contribution < -0.4 is 56.9 Å². The minimum absolute atomic E-state index is 0. The average molecular weight is 1560 g/mol. The number of ether oxygens (including phenoxy) is 7. The van der Waals surface area contributed by atoms with Crippen LogP contribution in [-0.4, -0.2) is 114 Å². The molecule has 5 aromatic carbocycles. The Morgan fingerprint density at radius 2 is 0.878 bits per heavy atom. The van der Waals surface area contributed by atoms with Gasteiger partial charge in [0.1, 0.15) is 23.0 Å². The van der Waals surface area contributed by atoms with E-state index in [1.807, 2.05) is 94.4 Å². The van der Waals surface area contributed by atoms with Crippen LogP contribution in [0.5, 0.6) is 0 Å². The first-order chi connectivity index (χ1) is 45.2. The van der Waals surface area contributed by atoms with E-state index in [1.54, 1.807) is 73.6 Å². The molecule has 0 aliphatic rings. The third kappa shape index (κ3) is 26.6. The molecule has 0 unspecified atom stereocenters. The summed E-state index contributed by atoms with van der Waals surface area (Å²) < 4.78 is 36.2. The van der Waals surface area contributed by atoms with Gasteiger partial charge < -0.3 is 69.7 Å². The first-order valence-corrected chi connectivity index (χ1v) is 31.9. The normalized spacial score (nSPS) is 9.70. The number of H-pyrrole nitrogens is 3. The predicted octanol–water partition coefficient (Wildman–Crippen LogP) is 10.3. The minimum Gasteiger partial charge on any atom is -0.870 e. The summed E-state index contributed by atoms with van der Waals surface area (Å²) in [5.41, 5.74) is 12.3. The summed E-state index contributed by atoms with van der Waals surface area (Å²) in [6, 6.07) is 26.1. The zero-order valence-electron chi connectivity index (χ0n) is 56.0. The molecule has 98 heavy (non-hydrogen) atoms. The van der Waals surface area contributed by atoms with Crippen LogP contribution >= 0.6 is 47.8 Å². The van der Waals surface area contributed by atoms with Crippen molar-refractivity contribution in [3.05, 3.63) is 216 Å². The molecule has 3 heterocycles. The molecule has 8 rings (SSSR count). The van der Waals surface area contributed by atoms with E-state index < -0.39 is 47.2 Å². The van der Waals surface area contributed by atoms with Crippen LogP contribution in [0.25, 0.3) is 32.7 Å². The number of aromatic amines is 3. The molecular formula is C70H81Br3N5NaO19. The van der Waals surface area contributed by atoms with Crippen molar-refractivity contribution in [1.82, 2.24) is 15.0 Å². The molecule has 0 saturated heterocycles. The van der Waals surface area contributed by atoms with Gasteiger partial charge in [0.2, 0.25) is 16.3 Å². The fourth-order valence-electron chi connectivity index (χ4n) is 8.16. The van der Waals surface area contributed by atoms with E-state index in [2.05, 4.69) is 77.5 Å². The van der Waals surface area contributed by atoms with Crippen LogP contribution in [0.4, 0.5) is 11.4 Å². The zero-order chi connectivity index (χ0) is 71.1. The van der Waals surface area contributed by atoms with Crippen LogP contribution in [-0.2, 0) is 52.3 Å². The second kappa shape index (κ2) is 45.7. The fourth-order valence-corrected chi connectivity index (χ4v) is 9.22. The minimum atomic E-state index is -1.21. The van der Waals surface area contributed by atoms with Crippen LogP contribution in [0.15, 0.2) is 155 Å². The van der Waals surface area contributed by atoms with Crippen LogP contribution in [0.1, 0.15) is 115 Å². The SMILES string of the molecule is C.CCOC(=O)C(=CNc1cc(C)ccc1Br)C(=O)OCC.CCOC(=O)c1c[nH]c2c(Br)ccc(C)c2c1=O.CCOC(=O)c1c[nH]c2cccc(C)c2c1=O.CCOC=C(C(=O)OCC)C(=O)OCC.Cc1ccc(Br)c(N)c1.Cc1cccc2[nH]cc(C(=O)O)c(=O)c12.[Na+].[OH-]. The summed E-state index contributed by atoms with van der Waals surface area (Å²) in [6.07, 6.45) is 6.40. The topological polar surface area (TPSA) is 371 Å². The number of halogens is 3. The Labute approximate surface area is 614 Å². The number of aryl methyl sites for hydroxylation is 5. The third-order valence-corrected chi connectivity index (χ3v) is 14.7. The van der Waals surface area contributed by atoms with Crippen molar-refractivity contribution in [3.8, 4) is 0 Å². The summed E-state index contributed by atoms with van der Waals surface area (Å²) in [6.45, 7) is 22.8. The van der Waals surface area contributed by atoms with Gasteiger partial charge in [-0.3, -0.25) is 14.4 Å². The van der Waals surface area contributed by atoms with Crippen molar-refractivity contribution in [2.24, 2.45) is 0 Å². The second-order valence-corrected chi connectivity index (χ2v) is 22.1.